The molecule has 1 saturated carbocycles. The van der Waals surface area contributed by atoms with Crippen LogP contribution in [-0.2, 0) is 6.54 Å². The second-order valence-electron chi connectivity index (χ2n) is 4.34. The number of aromatic carboxylic acids is 1. The molecule has 0 spiro atoms. The molecule has 0 saturated heterocycles. The first-order valence-corrected chi connectivity index (χ1v) is 5.79. The Morgan fingerprint density at radius 1 is 1.53 bits per heavy atom. The zero-order valence-corrected chi connectivity index (χ0v) is 9.68. The van der Waals surface area contributed by atoms with E-state index in [2.05, 4.69) is 10.3 Å². The van der Waals surface area contributed by atoms with Crippen molar-refractivity contribution in [3.8, 4) is 0 Å². The fraction of sp³-hybridized carbons (Fsp3) is 0.364. The van der Waals surface area contributed by atoms with Crippen molar-refractivity contribution < 1.29 is 9.90 Å². The van der Waals surface area contributed by atoms with Crippen molar-refractivity contribution in [2.45, 2.75) is 19.4 Å². The molecular formula is C11H10ClN3O2. The van der Waals surface area contributed by atoms with Crippen molar-refractivity contribution in [1.82, 2.24) is 15.0 Å². The molecule has 1 N–H and O–H groups in total. The number of carboxylic acids is 1. The van der Waals surface area contributed by atoms with Crippen molar-refractivity contribution in [3.63, 3.8) is 0 Å². The summed E-state index contributed by atoms with van der Waals surface area (Å²) < 4.78 is 1.80. The van der Waals surface area contributed by atoms with Crippen LogP contribution in [0.2, 0.25) is 5.02 Å². The molecule has 17 heavy (non-hydrogen) atoms. The number of hydrogen-bond acceptors (Lipinski definition) is 3. The normalized spacial score (nSPS) is 15.4. The molecule has 0 aliphatic heterocycles. The molecule has 0 radical (unpaired) electrons. The van der Waals surface area contributed by atoms with Gasteiger partial charge in [-0.05, 0) is 30.9 Å². The lowest BCUT2D eigenvalue weighted by Gasteiger charge is -2.02. The predicted molar refractivity (Wildman–Crippen MR) is 62.2 cm³/mol. The Morgan fingerprint density at radius 3 is 2.94 bits per heavy atom. The third-order valence-electron chi connectivity index (χ3n) is 2.96. The van der Waals surface area contributed by atoms with Crippen molar-refractivity contribution >= 4 is 28.6 Å². The van der Waals surface area contributed by atoms with E-state index in [0.717, 1.165) is 12.1 Å². The SMILES string of the molecule is O=C(O)c1cc2nnn(CC3CC3)c2cc1Cl. The average Bonchev–Trinajstić information content (AvgIpc) is 3.00. The highest BCUT2D eigenvalue weighted by Crippen LogP contribution is 2.32. The fourth-order valence-electron chi connectivity index (χ4n) is 1.83. The fourth-order valence-corrected chi connectivity index (χ4v) is 2.07. The van der Waals surface area contributed by atoms with E-state index < -0.39 is 5.97 Å². The van der Waals surface area contributed by atoms with Gasteiger partial charge in [0.1, 0.15) is 5.52 Å². The van der Waals surface area contributed by atoms with Crippen LogP contribution in [0.15, 0.2) is 12.1 Å². The second kappa shape index (κ2) is 3.70. The Bertz CT molecular complexity index is 604. The summed E-state index contributed by atoms with van der Waals surface area (Å²) in [6.45, 7) is 0.833. The Kier molecular flexibility index (Phi) is 2.29. The zero-order chi connectivity index (χ0) is 12.0. The maximum absolute atomic E-state index is 10.9. The molecule has 5 nitrogen and oxygen atoms in total. The number of rotatable bonds is 3. The van der Waals surface area contributed by atoms with Gasteiger partial charge in [-0.25, -0.2) is 9.48 Å². The van der Waals surface area contributed by atoms with Crippen LogP contribution in [0.4, 0.5) is 0 Å². The van der Waals surface area contributed by atoms with Crippen LogP contribution in [0, 0.1) is 5.92 Å². The molecule has 0 atom stereocenters. The van der Waals surface area contributed by atoms with Crippen LogP contribution in [0.5, 0.6) is 0 Å². The number of carboxylic acid groups (broad SMARTS) is 1. The number of hydrogen-bond donors (Lipinski definition) is 1. The highest BCUT2D eigenvalue weighted by Gasteiger charge is 2.23. The molecule has 1 aliphatic rings. The van der Waals surface area contributed by atoms with Crippen LogP contribution in [0.3, 0.4) is 0 Å². The molecular weight excluding hydrogens is 242 g/mol. The van der Waals surface area contributed by atoms with E-state index in [1.807, 2.05) is 0 Å². The Hall–Kier alpha value is -1.62. The van der Waals surface area contributed by atoms with Crippen molar-refractivity contribution in [3.05, 3.63) is 22.7 Å². The minimum absolute atomic E-state index is 0.0673. The van der Waals surface area contributed by atoms with Gasteiger partial charge >= 0.3 is 5.97 Å². The van der Waals surface area contributed by atoms with Crippen molar-refractivity contribution in [2.24, 2.45) is 5.92 Å². The summed E-state index contributed by atoms with van der Waals surface area (Å²) in [5.41, 5.74) is 1.44. The van der Waals surface area contributed by atoms with Crippen LogP contribution in [0.25, 0.3) is 11.0 Å². The highest BCUT2D eigenvalue weighted by molar-refractivity contribution is 6.34. The molecule has 3 rings (SSSR count). The van der Waals surface area contributed by atoms with Gasteiger partial charge in [-0.2, -0.15) is 0 Å². The molecule has 1 fully saturated rings. The topological polar surface area (TPSA) is 68.0 Å². The van der Waals surface area contributed by atoms with E-state index >= 15 is 0 Å². The van der Waals surface area contributed by atoms with Gasteiger partial charge < -0.3 is 5.11 Å². The summed E-state index contributed by atoms with van der Waals surface area (Å²) in [5.74, 6) is -0.369. The van der Waals surface area contributed by atoms with Crippen LogP contribution in [0.1, 0.15) is 23.2 Å². The number of fused-ring (bicyclic) bond motifs is 1. The molecule has 0 amide bonds. The molecule has 1 heterocycles. The Morgan fingerprint density at radius 2 is 2.29 bits per heavy atom. The lowest BCUT2D eigenvalue weighted by molar-refractivity contribution is 0.0697. The average molecular weight is 252 g/mol. The second-order valence-corrected chi connectivity index (χ2v) is 4.75. The lowest BCUT2D eigenvalue weighted by atomic mass is 10.2. The van der Waals surface area contributed by atoms with Crippen molar-refractivity contribution in [2.75, 3.05) is 0 Å². The summed E-state index contributed by atoms with van der Waals surface area (Å²) in [6, 6.07) is 3.10. The molecule has 6 heteroatoms. The number of benzene rings is 1. The maximum Gasteiger partial charge on any atom is 0.337 e. The van der Waals surface area contributed by atoms with E-state index in [-0.39, 0.29) is 10.6 Å². The Balaban J connectivity index is 2.10. The van der Waals surface area contributed by atoms with Gasteiger partial charge in [0.2, 0.25) is 0 Å². The zero-order valence-electron chi connectivity index (χ0n) is 8.93. The van der Waals surface area contributed by atoms with Gasteiger partial charge in [0.05, 0.1) is 16.1 Å². The van der Waals surface area contributed by atoms with Gasteiger partial charge in [-0.15, -0.1) is 5.10 Å². The summed E-state index contributed by atoms with van der Waals surface area (Å²) in [7, 11) is 0. The summed E-state index contributed by atoms with van der Waals surface area (Å²) in [4.78, 5) is 10.9. The molecule has 0 bridgehead atoms. The van der Waals surface area contributed by atoms with Gasteiger partial charge in [0.15, 0.2) is 0 Å². The molecule has 1 aromatic heterocycles. The van der Waals surface area contributed by atoms with Gasteiger partial charge in [0.25, 0.3) is 0 Å². The minimum Gasteiger partial charge on any atom is -0.478 e. The molecule has 0 unspecified atom stereocenters. The van der Waals surface area contributed by atoms with Crippen LogP contribution < -0.4 is 0 Å². The van der Waals surface area contributed by atoms with E-state index in [1.54, 1.807) is 10.7 Å². The first-order chi connectivity index (χ1) is 8.15. The number of aromatic nitrogens is 3. The van der Waals surface area contributed by atoms with E-state index in [9.17, 15) is 4.79 Å². The predicted octanol–water partition coefficient (Wildman–Crippen LogP) is 2.19. The largest absolute Gasteiger partial charge is 0.478 e. The first kappa shape index (κ1) is 10.5. The number of halogens is 1. The number of carbonyl (C=O) groups is 1. The van der Waals surface area contributed by atoms with E-state index in [4.69, 9.17) is 16.7 Å². The standard InChI is InChI=1S/C11H10ClN3O2/c12-8-4-10-9(3-7(8)11(16)17)13-14-15(10)5-6-1-2-6/h3-4,6H,1-2,5H2,(H,16,17). The quantitative estimate of drug-likeness (QED) is 0.908. The van der Waals surface area contributed by atoms with Gasteiger partial charge in [-0.3, -0.25) is 0 Å². The molecule has 2 aromatic rings. The first-order valence-electron chi connectivity index (χ1n) is 5.41. The van der Waals surface area contributed by atoms with Crippen molar-refractivity contribution in [1.29, 1.82) is 0 Å². The molecule has 88 valence electrons. The summed E-state index contributed by atoms with van der Waals surface area (Å²) >= 11 is 5.93. The lowest BCUT2D eigenvalue weighted by Crippen LogP contribution is -2.02. The maximum atomic E-state index is 10.9. The van der Waals surface area contributed by atoms with E-state index in [1.165, 1.54) is 18.9 Å². The molecule has 1 aromatic carbocycles. The minimum atomic E-state index is -1.05. The van der Waals surface area contributed by atoms with Crippen LogP contribution >= 0.6 is 11.6 Å². The monoisotopic (exact) mass is 251 g/mol. The van der Waals surface area contributed by atoms with Gasteiger partial charge in [0, 0.05) is 6.54 Å². The third-order valence-corrected chi connectivity index (χ3v) is 3.27. The Labute approximate surface area is 102 Å². The smallest absolute Gasteiger partial charge is 0.337 e. The molecule has 1 aliphatic carbocycles. The summed E-state index contributed by atoms with van der Waals surface area (Å²) in [6.07, 6.45) is 2.45. The summed E-state index contributed by atoms with van der Waals surface area (Å²) in [5, 5.41) is 17.2. The van der Waals surface area contributed by atoms with Gasteiger partial charge in [-0.1, -0.05) is 16.8 Å². The number of nitrogens with zero attached hydrogens (tertiary/aromatic N) is 3. The van der Waals surface area contributed by atoms with E-state index in [0.29, 0.717) is 11.4 Å². The third kappa shape index (κ3) is 1.86. The van der Waals surface area contributed by atoms with Crippen LogP contribution in [-0.4, -0.2) is 26.1 Å². The highest BCUT2D eigenvalue weighted by atomic mass is 35.5.